The molecule has 0 saturated carbocycles. The highest BCUT2D eigenvalue weighted by Gasteiger charge is 2.45. The van der Waals surface area contributed by atoms with Crippen molar-refractivity contribution in [2.24, 2.45) is 11.7 Å². The Morgan fingerprint density at radius 1 is 0.825 bits per heavy atom. The molecule has 18 nitrogen and oxygen atoms in total. The van der Waals surface area contributed by atoms with Crippen LogP contribution in [-0.4, -0.2) is 147 Å². The molecule has 0 bridgehead atoms. The molecule has 5 fully saturated rings. The van der Waals surface area contributed by atoms with E-state index in [1.54, 1.807) is 12.1 Å². The van der Waals surface area contributed by atoms with Crippen molar-refractivity contribution in [3.05, 3.63) is 64.8 Å². The molecule has 18 heteroatoms. The number of rotatable bonds is 11. The zero-order chi connectivity index (χ0) is 43.9. The number of nitrogens with zero attached hydrogens (tertiary/aromatic N) is 9. The molecule has 3 aromatic rings. The van der Waals surface area contributed by atoms with E-state index in [9.17, 15) is 28.8 Å². The Morgan fingerprint density at radius 3 is 2.27 bits per heavy atom. The first-order valence-electron chi connectivity index (χ1n) is 22.5. The molecule has 1 aromatic heterocycles. The average Bonchev–Trinajstić information content (AvgIpc) is 3.79. The van der Waals surface area contributed by atoms with Gasteiger partial charge in [0.15, 0.2) is 11.5 Å². The van der Waals surface area contributed by atoms with Crippen molar-refractivity contribution in [2.45, 2.75) is 89.3 Å². The molecule has 0 radical (unpaired) electrons. The van der Waals surface area contributed by atoms with E-state index in [0.717, 1.165) is 101 Å². The van der Waals surface area contributed by atoms with E-state index in [1.165, 1.54) is 5.56 Å². The minimum absolute atomic E-state index is 0.0331. The maximum atomic E-state index is 13.4. The number of imide groups is 2. The van der Waals surface area contributed by atoms with Crippen LogP contribution < -0.4 is 26.2 Å². The van der Waals surface area contributed by atoms with E-state index < -0.39 is 35.6 Å². The Bertz CT molecular complexity index is 2290. The molecule has 332 valence electrons. The van der Waals surface area contributed by atoms with Gasteiger partial charge in [0, 0.05) is 69.7 Å². The van der Waals surface area contributed by atoms with Gasteiger partial charge in [-0.05, 0) is 120 Å². The number of piperidine rings is 4. The number of carbonyl (C=O) groups is 6. The average molecular weight is 861 g/mol. The van der Waals surface area contributed by atoms with Gasteiger partial charge in [-0.25, -0.2) is 4.79 Å². The fourth-order valence-corrected chi connectivity index (χ4v) is 10.3. The molecule has 7 amide bonds. The molecule has 4 N–H and O–H groups in total. The largest absolute Gasteiger partial charge is 0.371 e. The van der Waals surface area contributed by atoms with Crippen molar-refractivity contribution in [3.63, 3.8) is 0 Å². The molecule has 2 unspecified atom stereocenters. The monoisotopic (exact) mass is 860 g/mol. The third-order valence-electron chi connectivity index (χ3n) is 13.9. The third kappa shape index (κ3) is 8.52. The SMILES string of the molecule is CC(C)N1CCN(C2CCCN(c3nnc(C(N)=O)c(Nc4ccc(C5CCN(CC6CCN(c7ccc8c(c7)C(=O)N(C7CCC(=O)NC7=O)C8=O)CC6)CC5)cc4)n3)C2)C1=O. The van der Waals surface area contributed by atoms with Crippen LogP contribution in [0.15, 0.2) is 42.5 Å². The number of likely N-dealkylation sites (tertiary alicyclic amines) is 1. The van der Waals surface area contributed by atoms with Gasteiger partial charge in [-0.2, -0.15) is 4.98 Å². The molecule has 2 atom stereocenters. The number of hydrogen-bond acceptors (Lipinski definition) is 13. The molecule has 5 saturated heterocycles. The number of nitrogens with one attached hydrogen (secondary N) is 2. The van der Waals surface area contributed by atoms with Crippen LogP contribution in [0.2, 0.25) is 0 Å². The van der Waals surface area contributed by atoms with Crippen molar-refractivity contribution in [3.8, 4) is 0 Å². The molecule has 9 rings (SSSR count). The van der Waals surface area contributed by atoms with Gasteiger partial charge in [0.1, 0.15) is 6.04 Å². The molecule has 0 aliphatic carbocycles. The van der Waals surface area contributed by atoms with Crippen LogP contribution in [0, 0.1) is 5.92 Å². The number of hydrogen-bond donors (Lipinski definition) is 3. The van der Waals surface area contributed by atoms with Gasteiger partial charge < -0.3 is 35.6 Å². The summed E-state index contributed by atoms with van der Waals surface area (Å²) in [5.41, 5.74) is 9.21. The number of amides is 7. The van der Waals surface area contributed by atoms with Gasteiger partial charge in [-0.3, -0.25) is 34.2 Å². The first kappa shape index (κ1) is 42.1. The van der Waals surface area contributed by atoms with Crippen molar-refractivity contribution in [1.82, 2.24) is 40.1 Å². The number of anilines is 4. The molecule has 6 aliphatic rings. The zero-order valence-electron chi connectivity index (χ0n) is 36.0. The Balaban J connectivity index is 0.753. The van der Waals surface area contributed by atoms with Gasteiger partial charge in [-0.15, -0.1) is 10.2 Å². The fourth-order valence-electron chi connectivity index (χ4n) is 10.3. The normalized spacial score (nSPS) is 23.0. The summed E-state index contributed by atoms with van der Waals surface area (Å²) in [6.07, 6.45) is 6.18. The Labute approximate surface area is 366 Å². The molecule has 2 aromatic carbocycles. The Morgan fingerprint density at radius 2 is 1.57 bits per heavy atom. The highest BCUT2D eigenvalue weighted by atomic mass is 16.2. The lowest BCUT2D eigenvalue weighted by atomic mass is 9.88. The predicted octanol–water partition coefficient (Wildman–Crippen LogP) is 3.33. The van der Waals surface area contributed by atoms with Crippen LogP contribution in [-0.2, 0) is 9.59 Å². The van der Waals surface area contributed by atoms with Crippen LogP contribution in [0.25, 0.3) is 0 Å². The standard InChI is InChI=1S/C45H56N12O6/c1-27(2)55-22-23-56(45(55)63)33-4-3-17-54(26-33)44-49-40(38(39(46)59)50-51-44)47-31-7-5-29(6-8-31)30-15-18-52(19-16-30)25-28-13-20-53(21-14-28)32-9-10-34-35(24-32)43(62)57(42(34)61)36-11-12-37(58)48-41(36)60/h5-10,24,27-28,30,33,36H,3-4,11-23,25-26H2,1-2H3,(H2,46,59)(H,47,49,51)(H,48,58,60). The Kier molecular flexibility index (Phi) is 11.7. The number of aromatic nitrogens is 3. The molecule has 0 spiro atoms. The van der Waals surface area contributed by atoms with Gasteiger partial charge in [0.05, 0.1) is 17.2 Å². The van der Waals surface area contributed by atoms with Gasteiger partial charge >= 0.3 is 6.03 Å². The minimum Gasteiger partial charge on any atom is -0.371 e. The number of urea groups is 1. The summed E-state index contributed by atoms with van der Waals surface area (Å²) in [7, 11) is 0. The topological polar surface area (TPSA) is 211 Å². The van der Waals surface area contributed by atoms with Gasteiger partial charge in [-0.1, -0.05) is 12.1 Å². The summed E-state index contributed by atoms with van der Waals surface area (Å²) >= 11 is 0. The molecule has 6 aliphatic heterocycles. The van der Waals surface area contributed by atoms with E-state index in [0.29, 0.717) is 42.0 Å². The first-order valence-corrected chi connectivity index (χ1v) is 22.5. The first-order chi connectivity index (χ1) is 30.4. The van der Waals surface area contributed by atoms with Crippen LogP contribution in [0.5, 0.6) is 0 Å². The van der Waals surface area contributed by atoms with E-state index in [-0.39, 0.29) is 42.5 Å². The number of benzene rings is 2. The quantitative estimate of drug-likeness (QED) is 0.237. The van der Waals surface area contributed by atoms with Crippen LogP contribution in [0.1, 0.15) is 108 Å². The van der Waals surface area contributed by atoms with Crippen molar-refractivity contribution in [2.75, 3.05) is 74.0 Å². The van der Waals surface area contributed by atoms with E-state index in [2.05, 4.69) is 42.8 Å². The summed E-state index contributed by atoms with van der Waals surface area (Å²) in [6.45, 7) is 11.6. The number of primary amides is 1. The fraction of sp³-hybridized carbons (Fsp3) is 0.533. The summed E-state index contributed by atoms with van der Waals surface area (Å²) in [6, 6.07) is 12.9. The lowest BCUT2D eigenvalue weighted by Crippen LogP contribution is -2.54. The zero-order valence-corrected chi connectivity index (χ0v) is 36.0. The van der Waals surface area contributed by atoms with Crippen LogP contribution >= 0.6 is 0 Å². The minimum atomic E-state index is -0.975. The molecular formula is C45H56N12O6. The maximum Gasteiger partial charge on any atom is 0.320 e. The highest BCUT2D eigenvalue weighted by Crippen LogP contribution is 2.34. The number of fused-ring (bicyclic) bond motifs is 1. The second kappa shape index (κ2) is 17.5. The van der Waals surface area contributed by atoms with Gasteiger partial charge in [0.25, 0.3) is 17.7 Å². The summed E-state index contributed by atoms with van der Waals surface area (Å²) in [5.74, 6) is -1.04. The summed E-state index contributed by atoms with van der Waals surface area (Å²) < 4.78 is 0. The molecule has 63 heavy (non-hydrogen) atoms. The van der Waals surface area contributed by atoms with Crippen molar-refractivity contribution >= 4 is 58.7 Å². The lowest BCUT2D eigenvalue weighted by molar-refractivity contribution is -0.136. The summed E-state index contributed by atoms with van der Waals surface area (Å²) in [4.78, 5) is 92.6. The van der Waals surface area contributed by atoms with E-state index >= 15 is 0 Å². The van der Waals surface area contributed by atoms with Crippen LogP contribution in [0.4, 0.5) is 27.9 Å². The highest BCUT2D eigenvalue weighted by molar-refractivity contribution is 6.23. The third-order valence-corrected chi connectivity index (χ3v) is 13.9. The predicted molar refractivity (Wildman–Crippen MR) is 234 cm³/mol. The lowest BCUT2D eigenvalue weighted by Gasteiger charge is -2.38. The van der Waals surface area contributed by atoms with Crippen molar-refractivity contribution in [1.29, 1.82) is 0 Å². The number of nitrogens with two attached hydrogens (primary N) is 1. The molecule has 7 heterocycles. The second-order valence-electron chi connectivity index (χ2n) is 18.1. The van der Waals surface area contributed by atoms with E-state index in [4.69, 9.17) is 10.7 Å². The molecular weight excluding hydrogens is 805 g/mol. The second-order valence-corrected chi connectivity index (χ2v) is 18.1. The smallest absolute Gasteiger partial charge is 0.320 e. The van der Waals surface area contributed by atoms with E-state index in [1.807, 2.05) is 46.7 Å². The summed E-state index contributed by atoms with van der Waals surface area (Å²) in [5, 5.41) is 14.0. The maximum absolute atomic E-state index is 13.4. The van der Waals surface area contributed by atoms with Crippen molar-refractivity contribution < 1.29 is 28.8 Å². The van der Waals surface area contributed by atoms with Crippen LogP contribution in [0.3, 0.4) is 0 Å². The Hall–Kier alpha value is -6.17. The number of carbonyl (C=O) groups excluding carboxylic acids is 6. The van der Waals surface area contributed by atoms with Gasteiger partial charge in [0.2, 0.25) is 17.8 Å².